The minimum Gasteiger partial charge on any atom is -0.309 e. The number of amides is 1. The van der Waals surface area contributed by atoms with Gasteiger partial charge in [0, 0.05) is 6.07 Å². The molecule has 72 valence electrons. The summed E-state index contributed by atoms with van der Waals surface area (Å²) < 4.78 is 0. The first-order chi connectivity index (χ1) is 6.06. The molecular formula is C8H14N4O. The van der Waals surface area contributed by atoms with Crippen LogP contribution < -0.4 is 10.6 Å². The zero-order valence-corrected chi connectivity index (χ0v) is 8.01. The number of anilines is 1. The van der Waals surface area contributed by atoms with E-state index >= 15 is 0 Å². The molecule has 0 unspecified atom stereocenters. The highest BCUT2D eigenvalue weighted by Gasteiger charge is 2.25. The van der Waals surface area contributed by atoms with Gasteiger partial charge in [0.05, 0.1) is 11.7 Å². The summed E-state index contributed by atoms with van der Waals surface area (Å²) in [5.41, 5.74) is -0.578. The van der Waals surface area contributed by atoms with Gasteiger partial charge in [-0.05, 0) is 20.9 Å². The fourth-order valence-corrected chi connectivity index (χ4v) is 0.718. The van der Waals surface area contributed by atoms with Crippen molar-refractivity contribution in [3.8, 4) is 0 Å². The van der Waals surface area contributed by atoms with E-state index in [4.69, 9.17) is 0 Å². The van der Waals surface area contributed by atoms with Gasteiger partial charge in [0.2, 0.25) is 5.91 Å². The van der Waals surface area contributed by atoms with E-state index in [1.54, 1.807) is 33.2 Å². The first kappa shape index (κ1) is 9.73. The lowest BCUT2D eigenvalue weighted by Crippen LogP contribution is -2.47. The zero-order chi connectivity index (χ0) is 9.90. The molecule has 0 radical (unpaired) electrons. The van der Waals surface area contributed by atoms with Gasteiger partial charge in [0.25, 0.3) is 0 Å². The summed E-state index contributed by atoms with van der Waals surface area (Å²) in [5.74, 6) is 0.507. The van der Waals surface area contributed by atoms with Crippen molar-refractivity contribution >= 4 is 11.7 Å². The molecule has 5 nitrogen and oxygen atoms in total. The first-order valence-electron chi connectivity index (χ1n) is 4.06. The van der Waals surface area contributed by atoms with Crippen molar-refractivity contribution in [3.05, 3.63) is 12.3 Å². The average molecular weight is 182 g/mol. The Morgan fingerprint density at radius 3 is 2.77 bits per heavy atom. The molecule has 1 aromatic rings. The number of H-pyrrole nitrogens is 1. The first-order valence-corrected chi connectivity index (χ1v) is 4.06. The Morgan fingerprint density at radius 2 is 2.31 bits per heavy atom. The normalized spacial score (nSPS) is 11.3. The number of rotatable bonds is 3. The Morgan fingerprint density at radius 1 is 1.62 bits per heavy atom. The van der Waals surface area contributed by atoms with Gasteiger partial charge in [-0.2, -0.15) is 5.10 Å². The van der Waals surface area contributed by atoms with Gasteiger partial charge in [0.1, 0.15) is 5.82 Å². The molecule has 13 heavy (non-hydrogen) atoms. The van der Waals surface area contributed by atoms with Crippen molar-refractivity contribution in [3.63, 3.8) is 0 Å². The molecule has 1 heterocycles. The Labute approximate surface area is 76.9 Å². The number of hydrogen-bond acceptors (Lipinski definition) is 3. The molecular weight excluding hydrogens is 168 g/mol. The number of carbonyl (C=O) groups excluding carboxylic acids is 1. The summed E-state index contributed by atoms with van der Waals surface area (Å²) in [6.07, 6.45) is 1.59. The molecule has 3 N–H and O–H groups in total. The van der Waals surface area contributed by atoms with E-state index in [1.807, 2.05) is 0 Å². The predicted molar refractivity (Wildman–Crippen MR) is 50.4 cm³/mol. The molecule has 0 atom stereocenters. The summed E-state index contributed by atoms with van der Waals surface area (Å²) in [5, 5.41) is 12.0. The largest absolute Gasteiger partial charge is 0.309 e. The molecule has 0 aliphatic rings. The molecule has 0 fully saturated rings. The second-order valence-electron chi connectivity index (χ2n) is 3.30. The number of aromatic nitrogens is 2. The van der Waals surface area contributed by atoms with Crippen LogP contribution in [0.1, 0.15) is 13.8 Å². The average Bonchev–Trinajstić information content (AvgIpc) is 2.57. The Bertz CT molecular complexity index is 278. The second-order valence-corrected chi connectivity index (χ2v) is 3.30. The van der Waals surface area contributed by atoms with Gasteiger partial charge in [-0.3, -0.25) is 9.89 Å². The van der Waals surface area contributed by atoms with E-state index in [0.29, 0.717) is 5.82 Å². The molecule has 0 spiro atoms. The maximum absolute atomic E-state index is 11.5. The van der Waals surface area contributed by atoms with Crippen molar-refractivity contribution in [1.82, 2.24) is 15.5 Å². The number of nitrogens with zero attached hydrogens (tertiary/aromatic N) is 1. The minimum absolute atomic E-state index is 0.0979. The van der Waals surface area contributed by atoms with E-state index in [2.05, 4.69) is 20.8 Å². The number of carbonyl (C=O) groups is 1. The SMILES string of the molecule is CNC(C)(C)C(=O)Nc1ccn[nH]1. The third-order valence-electron chi connectivity index (χ3n) is 1.94. The van der Waals surface area contributed by atoms with Gasteiger partial charge in [-0.1, -0.05) is 0 Å². The molecule has 0 aliphatic heterocycles. The van der Waals surface area contributed by atoms with Gasteiger partial charge >= 0.3 is 0 Å². The molecule has 5 heteroatoms. The third-order valence-corrected chi connectivity index (χ3v) is 1.94. The van der Waals surface area contributed by atoms with Gasteiger partial charge in [-0.25, -0.2) is 0 Å². The lowest BCUT2D eigenvalue weighted by atomic mass is 10.1. The highest BCUT2D eigenvalue weighted by molar-refractivity contribution is 5.96. The van der Waals surface area contributed by atoms with Crippen LogP contribution in [0.15, 0.2) is 12.3 Å². The summed E-state index contributed by atoms with van der Waals surface area (Å²) in [6.45, 7) is 3.61. The fourth-order valence-electron chi connectivity index (χ4n) is 0.718. The number of nitrogens with one attached hydrogen (secondary N) is 3. The van der Waals surface area contributed by atoms with E-state index in [-0.39, 0.29) is 5.91 Å². The van der Waals surface area contributed by atoms with Gasteiger partial charge in [0.15, 0.2) is 0 Å². The van der Waals surface area contributed by atoms with Crippen LogP contribution in [0.5, 0.6) is 0 Å². The maximum atomic E-state index is 11.5. The standard InChI is InChI=1S/C8H14N4O/c1-8(2,9-3)7(13)11-6-4-5-10-12-6/h4-5,9H,1-3H3,(H2,10,11,12,13). The van der Waals surface area contributed by atoms with Crippen molar-refractivity contribution in [2.45, 2.75) is 19.4 Å². The number of likely N-dealkylation sites (N-methyl/N-ethyl adjacent to an activating group) is 1. The summed E-state index contributed by atoms with van der Waals surface area (Å²) >= 11 is 0. The van der Waals surface area contributed by atoms with Crippen LogP contribution in [0.3, 0.4) is 0 Å². The van der Waals surface area contributed by atoms with E-state index in [1.165, 1.54) is 0 Å². The lowest BCUT2D eigenvalue weighted by Gasteiger charge is -2.21. The van der Waals surface area contributed by atoms with E-state index < -0.39 is 5.54 Å². The molecule has 1 rings (SSSR count). The van der Waals surface area contributed by atoms with Gasteiger partial charge in [-0.15, -0.1) is 0 Å². The summed E-state index contributed by atoms with van der Waals surface area (Å²) in [4.78, 5) is 11.5. The van der Waals surface area contributed by atoms with E-state index in [0.717, 1.165) is 0 Å². The summed E-state index contributed by atoms with van der Waals surface area (Å²) in [6, 6.07) is 1.70. The van der Waals surface area contributed by atoms with Crippen molar-refractivity contribution in [1.29, 1.82) is 0 Å². The Kier molecular flexibility index (Phi) is 2.67. The fraction of sp³-hybridized carbons (Fsp3) is 0.500. The van der Waals surface area contributed by atoms with Crippen LogP contribution in [0.2, 0.25) is 0 Å². The maximum Gasteiger partial charge on any atom is 0.245 e. The Balaban J connectivity index is 2.61. The quantitative estimate of drug-likeness (QED) is 0.631. The predicted octanol–water partition coefficient (Wildman–Crippen LogP) is 0.346. The van der Waals surface area contributed by atoms with Gasteiger partial charge < -0.3 is 10.6 Å². The smallest absolute Gasteiger partial charge is 0.245 e. The molecule has 0 saturated heterocycles. The van der Waals surface area contributed by atoms with Crippen molar-refractivity contribution in [2.75, 3.05) is 12.4 Å². The molecule has 0 aromatic carbocycles. The lowest BCUT2D eigenvalue weighted by molar-refractivity contribution is -0.121. The third kappa shape index (κ3) is 2.29. The molecule has 0 bridgehead atoms. The van der Waals surface area contributed by atoms with Crippen LogP contribution in [0.4, 0.5) is 5.82 Å². The zero-order valence-electron chi connectivity index (χ0n) is 8.01. The molecule has 0 saturated carbocycles. The van der Waals surface area contributed by atoms with E-state index in [9.17, 15) is 4.79 Å². The molecule has 1 amide bonds. The molecule has 1 aromatic heterocycles. The van der Waals surface area contributed by atoms with Crippen LogP contribution >= 0.6 is 0 Å². The highest BCUT2D eigenvalue weighted by atomic mass is 16.2. The van der Waals surface area contributed by atoms with Crippen LogP contribution in [0.25, 0.3) is 0 Å². The number of aromatic amines is 1. The van der Waals surface area contributed by atoms with Crippen LogP contribution in [-0.2, 0) is 4.79 Å². The summed E-state index contributed by atoms with van der Waals surface area (Å²) in [7, 11) is 1.74. The second kappa shape index (κ2) is 3.57. The van der Waals surface area contributed by atoms with Crippen molar-refractivity contribution < 1.29 is 4.79 Å². The minimum atomic E-state index is -0.578. The molecule has 0 aliphatic carbocycles. The van der Waals surface area contributed by atoms with Crippen LogP contribution in [0, 0.1) is 0 Å². The van der Waals surface area contributed by atoms with Crippen LogP contribution in [-0.4, -0.2) is 28.7 Å². The Hall–Kier alpha value is -1.36. The monoisotopic (exact) mass is 182 g/mol. The highest BCUT2D eigenvalue weighted by Crippen LogP contribution is 2.06. The topological polar surface area (TPSA) is 69.8 Å². The van der Waals surface area contributed by atoms with Crippen molar-refractivity contribution in [2.24, 2.45) is 0 Å². The number of hydrogen-bond donors (Lipinski definition) is 3.